The molecule has 1 atom stereocenters. The van der Waals surface area contributed by atoms with Gasteiger partial charge in [-0.25, -0.2) is 9.59 Å². The lowest BCUT2D eigenvalue weighted by Crippen LogP contribution is -2.42. The Bertz CT molecular complexity index is 1330. The lowest BCUT2D eigenvalue weighted by molar-refractivity contribution is -0.150. The van der Waals surface area contributed by atoms with Crippen LogP contribution in [-0.4, -0.2) is 60.2 Å². The zero-order valence-electron chi connectivity index (χ0n) is 20.5. The van der Waals surface area contributed by atoms with Crippen molar-refractivity contribution in [2.45, 2.75) is 39.2 Å². The number of fused-ring (bicyclic) bond motifs is 2. The number of benzene rings is 1. The molecule has 0 bridgehead atoms. The van der Waals surface area contributed by atoms with Gasteiger partial charge in [0.15, 0.2) is 12.4 Å². The second kappa shape index (κ2) is 10.1. The maximum Gasteiger partial charge on any atom is 0.341 e. The first kappa shape index (κ1) is 26.0. The molecule has 37 heavy (non-hydrogen) atoms. The Morgan fingerprint density at radius 2 is 1.89 bits per heavy atom. The minimum atomic E-state index is -1.21. The van der Waals surface area contributed by atoms with Crippen molar-refractivity contribution in [1.29, 1.82) is 0 Å². The molecule has 1 spiro atoms. The molecule has 11 nitrogen and oxygen atoms in total. The Morgan fingerprint density at radius 3 is 2.59 bits per heavy atom. The predicted octanol–water partition coefficient (Wildman–Crippen LogP) is 2.31. The molecule has 0 unspecified atom stereocenters. The zero-order valence-corrected chi connectivity index (χ0v) is 21.3. The van der Waals surface area contributed by atoms with E-state index in [1.807, 2.05) is 12.1 Å². The van der Waals surface area contributed by atoms with Crippen molar-refractivity contribution in [3.63, 3.8) is 0 Å². The van der Waals surface area contributed by atoms with Crippen molar-refractivity contribution in [2.24, 2.45) is 0 Å². The molecule has 1 aromatic heterocycles. The van der Waals surface area contributed by atoms with Crippen molar-refractivity contribution in [2.75, 3.05) is 25.1 Å². The molecular formula is C25H25N3O8S. The summed E-state index contributed by atoms with van der Waals surface area (Å²) in [5, 5.41) is 5.28. The number of thiophene rings is 1. The minimum Gasteiger partial charge on any atom is -0.462 e. The smallest absolute Gasteiger partial charge is 0.341 e. The van der Waals surface area contributed by atoms with E-state index < -0.39 is 48.5 Å². The first-order valence-electron chi connectivity index (χ1n) is 11.6. The summed E-state index contributed by atoms with van der Waals surface area (Å²) < 4.78 is 10.0. The highest BCUT2D eigenvalue weighted by Gasteiger charge is 2.55. The van der Waals surface area contributed by atoms with Gasteiger partial charge in [0.2, 0.25) is 0 Å². The summed E-state index contributed by atoms with van der Waals surface area (Å²) >= 11 is 0.914. The quantitative estimate of drug-likeness (QED) is 0.302. The number of carbonyl (C=O) groups is 6. The summed E-state index contributed by atoms with van der Waals surface area (Å²) in [5.41, 5.74) is 0.885. The summed E-state index contributed by atoms with van der Waals surface area (Å²) in [4.78, 5) is 75.9. The van der Waals surface area contributed by atoms with E-state index in [0.29, 0.717) is 24.0 Å². The predicted molar refractivity (Wildman–Crippen MR) is 131 cm³/mol. The van der Waals surface area contributed by atoms with Crippen LogP contribution in [0, 0.1) is 6.92 Å². The van der Waals surface area contributed by atoms with Crippen molar-refractivity contribution >= 4 is 51.9 Å². The van der Waals surface area contributed by atoms with Crippen LogP contribution in [0.5, 0.6) is 0 Å². The highest BCUT2D eigenvalue weighted by molar-refractivity contribution is 7.18. The van der Waals surface area contributed by atoms with Gasteiger partial charge in [-0.3, -0.25) is 24.1 Å². The molecule has 1 aliphatic carbocycles. The van der Waals surface area contributed by atoms with Gasteiger partial charge in [-0.1, -0.05) is 24.3 Å². The van der Waals surface area contributed by atoms with Gasteiger partial charge < -0.3 is 20.1 Å². The highest BCUT2D eigenvalue weighted by Crippen LogP contribution is 2.41. The largest absolute Gasteiger partial charge is 0.462 e. The zero-order chi connectivity index (χ0) is 26.9. The maximum absolute atomic E-state index is 13.1. The van der Waals surface area contributed by atoms with E-state index in [-0.39, 0.29) is 27.8 Å². The van der Waals surface area contributed by atoms with Crippen molar-refractivity contribution in [3.05, 3.63) is 51.4 Å². The third-order valence-electron chi connectivity index (χ3n) is 6.27. The average molecular weight is 528 g/mol. The van der Waals surface area contributed by atoms with Crippen LogP contribution in [0.4, 0.5) is 9.80 Å². The van der Waals surface area contributed by atoms with E-state index in [1.54, 1.807) is 26.0 Å². The number of nitrogens with zero attached hydrogens (tertiary/aromatic N) is 1. The van der Waals surface area contributed by atoms with Gasteiger partial charge in [0, 0.05) is 0 Å². The van der Waals surface area contributed by atoms with Crippen LogP contribution < -0.4 is 10.6 Å². The lowest BCUT2D eigenvalue weighted by Gasteiger charge is -2.22. The van der Waals surface area contributed by atoms with Gasteiger partial charge in [0.05, 0.1) is 17.0 Å². The van der Waals surface area contributed by atoms with Crippen molar-refractivity contribution < 1.29 is 38.2 Å². The van der Waals surface area contributed by atoms with Crippen molar-refractivity contribution in [1.82, 2.24) is 10.2 Å². The number of amides is 4. The molecule has 4 rings (SSSR count). The lowest BCUT2D eigenvalue weighted by atomic mass is 9.92. The number of hydrogen-bond acceptors (Lipinski definition) is 9. The number of urea groups is 1. The van der Waals surface area contributed by atoms with Crippen LogP contribution in [0.25, 0.3) is 0 Å². The Labute approximate surface area is 216 Å². The molecule has 2 N–H and O–H groups in total. The average Bonchev–Trinajstić information content (AvgIpc) is 3.46. The second-order valence-electron chi connectivity index (χ2n) is 8.63. The first-order chi connectivity index (χ1) is 17.6. The van der Waals surface area contributed by atoms with Crippen LogP contribution in [-0.2, 0) is 35.8 Å². The normalized spacial score (nSPS) is 18.0. The van der Waals surface area contributed by atoms with E-state index >= 15 is 0 Å². The summed E-state index contributed by atoms with van der Waals surface area (Å²) in [6.07, 6.45) is 0.998. The molecule has 0 radical (unpaired) electrons. The molecule has 1 saturated heterocycles. The number of rotatable bonds is 8. The van der Waals surface area contributed by atoms with Gasteiger partial charge in [-0.15, -0.1) is 11.3 Å². The van der Waals surface area contributed by atoms with Gasteiger partial charge in [-0.05, 0) is 50.3 Å². The Morgan fingerprint density at radius 1 is 1.16 bits per heavy atom. The number of carbonyl (C=O) groups excluding carboxylic acids is 6. The number of imide groups is 1. The molecule has 0 saturated carbocycles. The van der Waals surface area contributed by atoms with Crippen LogP contribution >= 0.6 is 11.3 Å². The Kier molecular flexibility index (Phi) is 7.12. The minimum absolute atomic E-state index is 0.0539. The summed E-state index contributed by atoms with van der Waals surface area (Å²) in [7, 11) is 0. The molecule has 1 aromatic carbocycles. The molecule has 2 aromatic rings. The van der Waals surface area contributed by atoms with Crippen LogP contribution in [0.3, 0.4) is 0 Å². The fourth-order valence-corrected chi connectivity index (χ4v) is 5.71. The van der Waals surface area contributed by atoms with Crippen LogP contribution in [0.1, 0.15) is 57.0 Å². The number of Topliss-reactive ketones (excluding diaryl/α,β-unsaturated/α-hetero) is 1. The first-order valence-corrected chi connectivity index (χ1v) is 12.4. The third-order valence-corrected chi connectivity index (χ3v) is 7.58. The fraction of sp³-hybridized carbons (Fsp3) is 0.360. The number of anilines is 1. The standard InChI is InChI=1S/C25H25N3O8S/c1-4-35-22(32)19-13(2)20(14(3)29)37-21(19)26-17(30)12-36-18(31)11-28-23(33)25(27-24(28)34)10-9-15-7-5-6-8-16(15)25/h5-8H,4,9-12H2,1-3H3,(H,26,30)(H,27,34)/t25-/m1/s1. The number of aryl methyl sites for hydroxylation is 1. The van der Waals surface area contributed by atoms with Crippen LogP contribution in [0.15, 0.2) is 24.3 Å². The number of nitrogens with one attached hydrogen (secondary N) is 2. The van der Waals surface area contributed by atoms with Gasteiger partial charge >= 0.3 is 18.0 Å². The topological polar surface area (TPSA) is 148 Å². The Balaban J connectivity index is 1.39. The number of ether oxygens (including phenoxy) is 2. The summed E-state index contributed by atoms with van der Waals surface area (Å²) in [6.45, 7) is 3.24. The molecule has 12 heteroatoms. The SMILES string of the molecule is CCOC(=O)c1c(NC(=O)COC(=O)CN2C(=O)N[C@@]3(CCc4ccccc43)C2=O)sc(C(C)=O)c1C. The van der Waals surface area contributed by atoms with Crippen molar-refractivity contribution in [3.8, 4) is 0 Å². The highest BCUT2D eigenvalue weighted by atomic mass is 32.1. The van der Waals surface area contributed by atoms with E-state index in [1.165, 1.54) is 6.92 Å². The molecular weight excluding hydrogens is 502 g/mol. The molecule has 2 heterocycles. The number of esters is 2. The molecule has 2 aliphatic rings. The van der Waals surface area contributed by atoms with Gasteiger partial charge in [0.1, 0.15) is 17.1 Å². The molecule has 4 amide bonds. The second-order valence-corrected chi connectivity index (χ2v) is 9.65. The summed E-state index contributed by atoms with van der Waals surface area (Å²) in [6, 6.07) is 6.59. The van der Waals surface area contributed by atoms with E-state index in [4.69, 9.17) is 9.47 Å². The molecule has 194 valence electrons. The monoisotopic (exact) mass is 527 g/mol. The van der Waals surface area contributed by atoms with E-state index in [0.717, 1.165) is 21.8 Å². The molecule has 1 fully saturated rings. The third kappa shape index (κ3) is 4.71. The number of hydrogen-bond donors (Lipinski definition) is 2. The number of ketones is 1. The van der Waals surface area contributed by atoms with E-state index in [2.05, 4.69) is 10.6 Å². The van der Waals surface area contributed by atoms with E-state index in [9.17, 15) is 28.8 Å². The van der Waals surface area contributed by atoms with Gasteiger partial charge in [0.25, 0.3) is 11.8 Å². The Hall–Kier alpha value is -4.06. The summed E-state index contributed by atoms with van der Waals surface area (Å²) in [5.74, 6) is -3.25. The fourth-order valence-electron chi connectivity index (χ4n) is 4.60. The molecule has 1 aliphatic heterocycles. The van der Waals surface area contributed by atoms with Gasteiger partial charge in [-0.2, -0.15) is 0 Å². The maximum atomic E-state index is 13.1. The van der Waals surface area contributed by atoms with Crippen LogP contribution in [0.2, 0.25) is 0 Å².